The van der Waals surface area contributed by atoms with Crippen molar-refractivity contribution < 1.29 is 56.9 Å². The molecule has 0 N–H and O–H groups in total. The fourth-order valence-electron chi connectivity index (χ4n) is 8.32. The van der Waals surface area contributed by atoms with Crippen LogP contribution in [0.2, 0.25) is 0 Å². The summed E-state index contributed by atoms with van der Waals surface area (Å²) in [7, 11) is 5.31. The van der Waals surface area contributed by atoms with Gasteiger partial charge in [-0.3, -0.25) is 24.0 Å². The highest BCUT2D eigenvalue weighted by molar-refractivity contribution is 7.19. The summed E-state index contributed by atoms with van der Waals surface area (Å²) in [6, 6.07) is 43.5. The van der Waals surface area contributed by atoms with E-state index in [1.807, 2.05) is 104 Å². The van der Waals surface area contributed by atoms with Gasteiger partial charge in [-0.05, 0) is 101 Å². The second-order valence-electron chi connectivity index (χ2n) is 24.6. The zero-order valence-electron chi connectivity index (χ0n) is 53.4. The van der Waals surface area contributed by atoms with Gasteiger partial charge < -0.3 is 32.9 Å². The first-order chi connectivity index (χ1) is 38.1. The van der Waals surface area contributed by atoms with Crippen LogP contribution in [-0.4, -0.2) is 114 Å². The Balaban J connectivity index is 0.000000529. The molecule has 81 heavy (non-hydrogen) atoms. The van der Waals surface area contributed by atoms with E-state index in [-0.39, 0.29) is 59.3 Å². The molecule has 0 aliphatic carbocycles. The van der Waals surface area contributed by atoms with Gasteiger partial charge in [-0.15, -0.1) is 0 Å². The zero-order chi connectivity index (χ0) is 61.4. The maximum atomic E-state index is 11.7. The standard InChI is InChI=1S/C24H20B.C14H28NO2.C14H26O4.C9H18O3.C7H14O2/c1-5-13-21(14-6-1)25(22-15-7-2-8-16-22,23-17-9-3-10-18-23)24-19-11-4-12-20-24;1-5-14(2,3)13(16)17-12-8-11-15(4)9-6-7-10-15;1-7-13(3,4)11(15)17-9-10-18-12(16)14(5,6)8-2;1-5-9(2,3)8(10)12-7-6-11-4;1-5-7(2,3)6(8)9-4/h1-20H;5-12H2,1-4H3;7-10H2,1-6H3;5-7H2,1-4H3;5H2,1-4H3/q-1;+1;;;. The highest BCUT2D eigenvalue weighted by atomic mass is 16.6. The van der Waals surface area contributed by atoms with Crippen LogP contribution in [0.25, 0.3) is 0 Å². The Morgan fingerprint density at radius 2 is 0.642 bits per heavy atom. The number of quaternary nitrogens is 1. The van der Waals surface area contributed by atoms with Crippen LogP contribution in [-0.2, 0) is 52.4 Å². The number of hydrogen-bond donors (Lipinski definition) is 0. The van der Waals surface area contributed by atoms with Crippen LogP contribution >= 0.6 is 0 Å². The van der Waals surface area contributed by atoms with E-state index >= 15 is 0 Å². The molecule has 0 amide bonds. The number of carbonyl (C=O) groups is 5. The second kappa shape index (κ2) is 35.9. The molecule has 0 atom stereocenters. The van der Waals surface area contributed by atoms with E-state index in [1.165, 1.54) is 54.9 Å². The lowest BCUT2D eigenvalue weighted by Crippen LogP contribution is -2.74. The van der Waals surface area contributed by atoms with Gasteiger partial charge in [0.05, 0.1) is 74.1 Å². The molecule has 1 fully saturated rings. The first-order valence-electron chi connectivity index (χ1n) is 29.5. The lowest BCUT2D eigenvalue weighted by Gasteiger charge is -2.44. The third-order valence-corrected chi connectivity index (χ3v) is 16.4. The molecule has 0 spiro atoms. The number of ether oxygens (including phenoxy) is 6. The molecule has 0 aromatic heterocycles. The number of likely N-dealkylation sites (tertiary alicyclic amines) is 1. The molecule has 4 aromatic carbocycles. The second-order valence-corrected chi connectivity index (χ2v) is 24.6. The van der Waals surface area contributed by atoms with Gasteiger partial charge >= 0.3 is 29.8 Å². The molecule has 0 bridgehead atoms. The Morgan fingerprint density at radius 3 is 0.877 bits per heavy atom. The number of esters is 5. The minimum atomic E-state index is -1.22. The Morgan fingerprint density at radius 1 is 0.395 bits per heavy atom. The Kier molecular flexibility index (Phi) is 32.5. The molecular weight excluding hydrogens is 1020 g/mol. The summed E-state index contributed by atoms with van der Waals surface area (Å²) >= 11 is 0. The fourth-order valence-corrected chi connectivity index (χ4v) is 8.32. The van der Waals surface area contributed by atoms with Crippen LogP contribution in [0.3, 0.4) is 0 Å². The average Bonchev–Trinajstić information content (AvgIpc) is 3.93. The monoisotopic (exact) mass is 1120 g/mol. The first-order valence-corrected chi connectivity index (χ1v) is 29.5. The number of rotatable bonds is 24. The molecule has 5 rings (SSSR count). The smallest absolute Gasteiger partial charge is 0.311 e. The van der Waals surface area contributed by atoms with Crippen LogP contribution in [0.4, 0.5) is 0 Å². The summed E-state index contributed by atoms with van der Waals surface area (Å²) < 4.78 is 31.0. The van der Waals surface area contributed by atoms with Gasteiger partial charge in [0.2, 0.25) is 0 Å². The van der Waals surface area contributed by atoms with Crippen LogP contribution in [0.1, 0.15) is 155 Å². The summed E-state index contributed by atoms with van der Waals surface area (Å²) in [5.74, 6) is -0.845. The fraction of sp³-hybridized carbons (Fsp3) is 0.574. The summed E-state index contributed by atoms with van der Waals surface area (Å²) in [6.07, 6.45) is 6.34. The SMILES string of the molecule is CCC(C)(C)C(=O)OC.CCC(C)(C)C(=O)OCCC[N+]1(C)CCCC1.CCC(C)(C)C(=O)OCCOC.CCC(C)(C)C(=O)OCCOC(=O)C(C)(C)CC.c1ccc([B-](c2ccccc2)(c2ccccc2)c2ccccc2)cc1. The van der Waals surface area contributed by atoms with Crippen LogP contribution in [0.15, 0.2) is 121 Å². The highest BCUT2D eigenvalue weighted by Crippen LogP contribution is 2.25. The van der Waals surface area contributed by atoms with Crippen molar-refractivity contribution in [2.75, 3.05) is 73.9 Å². The molecule has 452 valence electrons. The van der Waals surface area contributed by atoms with E-state index < -0.39 is 17.0 Å². The zero-order valence-corrected chi connectivity index (χ0v) is 53.4. The van der Waals surface area contributed by atoms with Gasteiger partial charge in [0.25, 0.3) is 0 Å². The summed E-state index contributed by atoms with van der Waals surface area (Å²) in [5, 5.41) is 0. The Hall–Kier alpha value is -5.79. The highest BCUT2D eigenvalue weighted by Gasteiger charge is 2.33. The van der Waals surface area contributed by atoms with Gasteiger partial charge in [-0.25, -0.2) is 0 Å². The third-order valence-electron chi connectivity index (χ3n) is 16.4. The molecule has 0 radical (unpaired) electrons. The van der Waals surface area contributed by atoms with E-state index in [1.54, 1.807) is 7.11 Å². The van der Waals surface area contributed by atoms with Crippen LogP contribution in [0.5, 0.6) is 0 Å². The van der Waals surface area contributed by atoms with E-state index in [9.17, 15) is 24.0 Å². The van der Waals surface area contributed by atoms with Crippen molar-refractivity contribution in [3.8, 4) is 0 Å². The largest absolute Gasteiger partial charge is 0.469 e. The van der Waals surface area contributed by atoms with Crippen molar-refractivity contribution in [1.82, 2.24) is 0 Å². The molecule has 4 aromatic rings. The van der Waals surface area contributed by atoms with Crippen LogP contribution < -0.4 is 21.9 Å². The summed E-state index contributed by atoms with van der Waals surface area (Å²) in [4.78, 5) is 57.1. The summed E-state index contributed by atoms with van der Waals surface area (Å²) in [5.41, 5.74) is 3.39. The minimum Gasteiger partial charge on any atom is -0.469 e. The maximum absolute atomic E-state index is 11.7. The Labute approximate surface area is 490 Å². The van der Waals surface area contributed by atoms with Gasteiger partial charge in [-0.1, -0.05) is 156 Å². The van der Waals surface area contributed by atoms with Gasteiger partial charge in [0, 0.05) is 26.4 Å². The number of benzene rings is 4. The minimum absolute atomic E-state index is 0.0518. The third kappa shape index (κ3) is 24.3. The van der Waals surface area contributed by atoms with E-state index in [0.29, 0.717) is 32.7 Å². The van der Waals surface area contributed by atoms with E-state index in [4.69, 9.17) is 23.7 Å². The van der Waals surface area contributed by atoms with Gasteiger partial charge in [0.15, 0.2) is 0 Å². The first kappa shape index (κ1) is 73.2. The number of carbonyl (C=O) groups excluding carboxylic acids is 5. The molecule has 13 heteroatoms. The van der Waals surface area contributed by atoms with Gasteiger partial charge in [-0.2, -0.15) is 21.9 Å². The molecule has 1 aliphatic heterocycles. The molecular formula is C68H106BNO11. The normalized spacial score (nSPS) is 13.1. The Bertz CT molecular complexity index is 2210. The summed E-state index contributed by atoms with van der Waals surface area (Å²) in [6.45, 7) is 33.9. The average molecular weight is 1120 g/mol. The molecule has 0 unspecified atom stereocenters. The molecule has 1 saturated heterocycles. The van der Waals surface area contributed by atoms with Crippen molar-refractivity contribution in [3.05, 3.63) is 121 Å². The van der Waals surface area contributed by atoms with Crippen LogP contribution in [0, 0.1) is 27.1 Å². The number of methoxy groups -OCH3 is 2. The number of hydrogen-bond acceptors (Lipinski definition) is 11. The molecule has 0 saturated carbocycles. The predicted molar refractivity (Wildman–Crippen MR) is 333 cm³/mol. The molecule has 1 heterocycles. The quantitative estimate of drug-likeness (QED) is 0.0218. The molecule has 12 nitrogen and oxygen atoms in total. The van der Waals surface area contributed by atoms with Gasteiger partial charge in [0.1, 0.15) is 26.0 Å². The van der Waals surface area contributed by atoms with Crippen molar-refractivity contribution in [3.63, 3.8) is 0 Å². The van der Waals surface area contributed by atoms with Crippen molar-refractivity contribution in [1.29, 1.82) is 0 Å². The lowest BCUT2D eigenvalue weighted by atomic mass is 9.13. The maximum Gasteiger partial charge on any atom is 0.311 e. The molecule has 1 aliphatic rings. The van der Waals surface area contributed by atoms with Crippen molar-refractivity contribution in [2.24, 2.45) is 27.1 Å². The van der Waals surface area contributed by atoms with E-state index in [0.717, 1.165) is 36.7 Å². The predicted octanol–water partition coefficient (Wildman–Crippen LogP) is 11.8. The number of nitrogens with zero attached hydrogens (tertiary/aromatic N) is 1. The van der Waals surface area contributed by atoms with Crippen molar-refractivity contribution in [2.45, 2.75) is 155 Å². The topological polar surface area (TPSA) is 141 Å². The lowest BCUT2D eigenvalue weighted by molar-refractivity contribution is -0.897. The van der Waals surface area contributed by atoms with E-state index in [2.05, 4.69) is 133 Å². The van der Waals surface area contributed by atoms with Crippen molar-refractivity contribution >= 4 is 57.8 Å².